The van der Waals surface area contributed by atoms with E-state index in [1.54, 1.807) is 11.3 Å². The second kappa shape index (κ2) is 6.20. The number of nitrogens with zero attached hydrogens (tertiary/aromatic N) is 1. The molecule has 0 aliphatic carbocycles. The number of halogens is 1. The molecule has 2 N–H and O–H groups in total. The SMILES string of the molecule is C[C@H](NCc1cn[nH]c1-c1cccs1)c1ccc(F)cc1. The molecule has 0 amide bonds. The van der Waals surface area contributed by atoms with E-state index >= 15 is 0 Å². The molecule has 2 heterocycles. The Balaban J connectivity index is 1.68. The molecule has 21 heavy (non-hydrogen) atoms. The van der Waals surface area contributed by atoms with Gasteiger partial charge in [0.05, 0.1) is 16.8 Å². The van der Waals surface area contributed by atoms with Gasteiger partial charge in [0.25, 0.3) is 0 Å². The molecule has 2 aromatic heterocycles. The molecule has 0 aliphatic heterocycles. The van der Waals surface area contributed by atoms with Crippen molar-refractivity contribution in [2.75, 3.05) is 0 Å². The Kier molecular flexibility index (Phi) is 4.13. The molecule has 1 aromatic carbocycles. The van der Waals surface area contributed by atoms with Gasteiger partial charge < -0.3 is 5.32 Å². The average Bonchev–Trinajstić information content (AvgIpc) is 3.16. The largest absolute Gasteiger partial charge is 0.306 e. The lowest BCUT2D eigenvalue weighted by molar-refractivity contribution is 0.571. The highest BCUT2D eigenvalue weighted by molar-refractivity contribution is 7.13. The monoisotopic (exact) mass is 301 g/mol. The molecule has 108 valence electrons. The zero-order valence-corrected chi connectivity index (χ0v) is 12.5. The number of thiophene rings is 1. The van der Waals surface area contributed by atoms with Gasteiger partial charge in [0.15, 0.2) is 0 Å². The van der Waals surface area contributed by atoms with Gasteiger partial charge in [-0.15, -0.1) is 11.3 Å². The standard InChI is InChI=1S/C16H16FN3S/c1-11(12-4-6-14(17)7-5-12)18-9-13-10-19-20-16(13)15-3-2-8-21-15/h2-8,10-11,18H,9H2,1H3,(H,19,20)/t11-/m0/s1. The lowest BCUT2D eigenvalue weighted by Crippen LogP contribution is -2.18. The molecule has 3 nitrogen and oxygen atoms in total. The quantitative estimate of drug-likeness (QED) is 0.744. The van der Waals surface area contributed by atoms with E-state index < -0.39 is 0 Å². The van der Waals surface area contributed by atoms with Crippen molar-refractivity contribution in [2.24, 2.45) is 0 Å². The molecule has 5 heteroatoms. The van der Waals surface area contributed by atoms with E-state index in [1.807, 2.05) is 24.4 Å². The van der Waals surface area contributed by atoms with Crippen LogP contribution in [0, 0.1) is 5.82 Å². The minimum atomic E-state index is -0.208. The van der Waals surface area contributed by atoms with E-state index in [-0.39, 0.29) is 11.9 Å². The molecule has 0 unspecified atom stereocenters. The van der Waals surface area contributed by atoms with Crippen molar-refractivity contribution in [3.63, 3.8) is 0 Å². The Bertz CT molecular complexity index is 689. The van der Waals surface area contributed by atoms with Gasteiger partial charge in [-0.1, -0.05) is 18.2 Å². The van der Waals surface area contributed by atoms with Gasteiger partial charge in [-0.3, -0.25) is 5.10 Å². The number of hydrogen-bond donors (Lipinski definition) is 2. The zero-order valence-electron chi connectivity index (χ0n) is 11.6. The first-order valence-electron chi connectivity index (χ1n) is 6.79. The van der Waals surface area contributed by atoms with Crippen molar-refractivity contribution >= 4 is 11.3 Å². The van der Waals surface area contributed by atoms with Gasteiger partial charge in [0, 0.05) is 18.2 Å². The summed E-state index contributed by atoms with van der Waals surface area (Å²) in [5.74, 6) is -0.208. The van der Waals surface area contributed by atoms with Crippen LogP contribution in [0.25, 0.3) is 10.6 Å². The number of hydrogen-bond acceptors (Lipinski definition) is 3. The summed E-state index contributed by atoms with van der Waals surface area (Å²) in [6.07, 6.45) is 1.85. The first kappa shape index (κ1) is 14.0. The molecule has 3 aromatic rings. The van der Waals surface area contributed by atoms with E-state index in [9.17, 15) is 4.39 Å². The molecule has 0 saturated heterocycles. The number of rotatable bonds is 5. The normalized spacial score (nSPS) is 12.5. The average molecular weight is 301 g/mol. The van der Waals surface area contributed by atoms with Crippen molar-refractivity contribution in [1.29, 1.82) is 0 Å². The molecule has 0 aliphatic rings. The Morgan fingerprint density at radius 3 is 2.81 bits per heavy atom. The third kappa shape index (κ3) is 3.20. The number of benzene rings is 1. The maximum absolute atomic E-state index is 12.9. The van der Waals surface area contributed by atoms with E-state index in [2.05, 4.69) is 33.9 Å². The fourth-order valence-electron chi connectivity index (χ4n) is 2.21. The topological polar surface area (TPSA) is 40.7 Å². The first-order chi connectivity index (χ1) is 10.2. The van der Waals surface area contributed by atoms with Gasteiger partial charge in [-0.25, -0.2) is 4.39 Å². The van der Waals surface area contributed by atoms with Crippen LogP contribution in [0.15, 0.2) is 48.0 Å². The van der Waals surface area contributed by atoms with E-state index in [0.717, 1.165) is 16.8 Å². The van der Waals surface area contributed by atoms with Crippen molar-refractivity contribution < 1.29 is 4.39 Å². The molecule has 0 fully saturated rings. The van der Waals surface area contributed by atoms with Crippen LogP contribution in [0.5, 0.6) is 0 Å². The van der Waals surface area contributed by atoms with Gasteiger partial charge >= 0.3 is 0 Å². The molecule has 0 spiro atoms. The number of aromatic nitrogens is 2. The summed E-state index contributed by atoms with van der Waals surface area (Å²) in [6, 6.07) is 10.8. The summed E-state index contributed by atoms with van der Waals surface area (Å²) in [5.41, 5.74) is 3.26. The van der Waals surface area contributed by atoms with Crippen molar-refractivity contribution in [1.82, 2.24) is 15.5 Å². The van der Waals surface area contributed by atoms with Gasteiger partial charge in [-0.2, -0.15) is 5.10 Å². The van der Waals surface area contributed by atoms with Crippen LogP contribution < -0.4 is 5.32 Å². The van der Waals surface area contributed by atoms with Gasteiger partial charge in [0.1, 0.15) is 5.82 Å². The third-order valence-electron chi connectivity index (χ3n) is 3.45. The van der Waals surface area contributed by atoms with Crippen LogP contribution in [-0.2, 0) is 6.54 Å². The van der Waals surface area contributed by atoms with Crippen LogP contribution >= 0.6 is 11.3 Å². The second-order valence-corrected chi connectivity index (χ2v) is 5.85. The maximum Gasteiger partial charge on any atom is 0.123 e. The summed E-state index contributed by atoms with van der Waals surface area (Å²) >= 11 is 1.69. The number of nitrogens with one attached hydrogen (secondary N) is 2. The lowest BCUT2D eigenvalue weighted by Gasteiger charge is -2.14. The highest BCUT2D eigenvalue weighted by Crippen LogP contribution is 2.26. The van der Waals surface area contributed by atoms with E-state index in [0.29, 0.717) is 6.54 Å². The zero-order chi connectivity index (χ0) is 14.7. The lowest BCUT2D eigenvalue weighted by atomic mass is 10.1. The molecular weight excluding hydrogens is 285 g/mol. The maximum atomic E-state index is 12.9. The fourth-order valence-corrected chi connectivity index (χ4v) is 2.97. The summed E-state index contributed by atoms with van der Waals surface area (Å²) in [4.78, 5) is 1.18. The minimum Gasteiger partial charge on any atom is -0.306 e. The van der Waals surface area contributed by atoms with Crippen LogP contribution in [0.2, 0.25) is 0 Å². The van der Waals surface area contributed by atoms with Crippen molar-refractivity contribution in [3.05, 3.63) is 64.9 Å². The third-order valence-corrected chi connectivity index (χ3v) is 4.34. The van der Waals surface area contributed by atoms with E-state index in [1.165, 1.54) is 17.0 Å². The molecule has 1 atom stereocenters. The number of aromatic amines is 1. The first-order valence-corrected chi connectivity index (χ1v) is 7.67. The summed E-state index contributed by atoms with van der Waals surface area (Å²) in [7, 11) is 0. The van der Waals surface area contributed by atoms with Crippen LogP contribution in [0.4, 0.5) is 4.39 Å². The fraction of sp³-hybridized carbons (Fsp3) is 0.188. The predicted molar refractivity (Wildman–Crippen MR) is 83.6 cm³/mol. The van der Waals surface area contributed by atoms with Crippen LogP contribution in [0.3, 0.4) is 0 Å². The summed E-state index contributed by atoms with van der Waals surface area (Å²) in [5, 5.41) is 12.7. The summed E-state index contributed by atoms with van der Waals surface area (Å²) < 4.78 is 12.9. The Morgan fingerprint density at radius 1 is 1.29 bits per heavy atom. The van der Waals surface area contributed by atoms with Crippen molar-refractivity contribution in [2.45, 2.75) is 19.5 Å². The van der Waals surface area contributed by atoms with Crippen LogP contribution in [-0.4, -0.2) is 10.2 Å². The molecule has 0 saturated carbocycles. The molecule has 0 bridgehead atoms. The predicted octanol–water partition coefficient (Wildman–Crippen LogP) is 4.13. The Hall–Kier alpha value is -1.98. The highest BCUT2D eigenvalue weighted by Gasteiger charge is 2.10. The molecular formula is C16H16FN3S. The van der Waals surface area contributed by atoms with E-state index in [4.69, 9.17) is 0 Å². The highest BCUT2D eigenvalue weighted by atomic mass is 32.1. The van der Waals surface area contributed by atoms with Gasteiger partial charge in [0.2, 0.25) is 0 Å². The second-order valence-electron chi connectivity index (χ2n) is 4.90. The molecule has 0 radical (unpaired) electrons. The van der Waals surface area contributed by atoms with Crippen molar-refractivity contribution in [3.8, 4) is 10.6 Å². The Labute approximate surface area is 126 Å². The molecule has 3 rings (SSSR count). The summed E-state index contributed by atoms with van der Waals surface area (Å²) in [6.45, 7) is 2.78. The van der Waals surface area contributed by atoms with Crippen LogP contribution in [0.1, 0.15) is 24.1 Å². The smallest absolute Gasteiger partial charge is 0.123 e. The van der Waals surface area contributed by atoms with Gasteiger partial charge in [-0.05, 0) is 36.1 Å². The Morgan fingerprint density at radius 2 is 2.10 bits per heavy atom. The number of H-pyrrole nitrogens is 1. The minimum absolute atomic E-state index is 0.150.